The SMILES string of the molecule is CCCCNC(=O)[C@H](C)N(Cc1cccc(Cl)c1)C(=O)CN(c1ccc(Cl)cc1C)S(=O)(=O)c1ccccc1. The largest absolute Gasteiger partial charge is 0.354 e. The van der Waals surface area contributed by atoms with Gasteiger partial charge in [-0.25, -0.2) is 8.42 Å². The van der Waals surface area contributed by atoms with Crippen molar-refractivity contribution in [1.29, 1.82) is 0 Å². The molecule has 208 valence electrons. The smallest absolute Gasteiger partial charge is 0.264 e. The zero-order chi connectivity index (χ0) is 28.6. The van der Waals surface area contributed by atoms with Gasteiger partial charge in [0, 0.05) is 23.1 Å². The van der Waals surface area contributed by atoms with Crippen molar-refractivity contribution in [3.05, 3.63) is 94.0 Å². The zero-order valence-electron chi connectivity index (χ0n) is 22.2. The van der Waals surface area contributed by atoms with Crippen molar-refractivity contribution in [1.82, 2.24) is 10.2 Å². The zero-order valence-corrected chi connectivity index (χ0v) is 24.6. The molecule has 0 saturated carbocycles. The third-order valence-electron chi connectivity index (χ3n) is 6.28. The Labute approximate surface area is 240 Å². The molecule has 3 aromatic rings. The molecule has 0 unspecified atom stereocenters. The van der Waals surface area contributed by atoms with Crippen LogP contribution >= 0.6 is 23.2 Å². The quantitative estimate of drug-likeness (QED) is 0.269. The van der Waals surface area contributed by atoms with Crippen molar-refractivity contribution in [2.45, 2.75) is 51.1 Å². The molecular formula is C29H33Cl2N3O4S. The average Bonchev–Trinajstić information content (AvgIpc) is 2.91. The normalized spacial score (nSPS) is 12.0. The van der Waals surface area contributed by atoms with E-state index in [2.05, 4.69) is 5.32 Å². The van der Waals surface area contributed by atoms with Crippen LogP contribution in [0.2, 0.25) is 10.0 Å². The lowest BCUT2D eigenvalue weighted by Crippen LogP contribution is -2.51. The van der Waals surface area contributed by atoms with Crippen molar-refractivity contribution in [3.8, 4) is 0 Å². The lowest BCUT2D eigenvalue weighted by molar-refractivity contribution is -0.139. The van der Waals surface area contributed by atoms with E-state index in [1.807, 2.05) is 6.92 Å². The first-order valence-electron chi connectivity index (χ1n) is 12.7. The number of nitrogens with one attached hydrogen (secondary N) is 1. The second-order valence-electron chi connectivity index (χ2n) is 9.23. The molecule has 0 saturated heterocycles. The van der Waals surface area contributed by atoms with Crippen LogP contribution in [0, 0.1) is 6.92 Å². The van der Waals surface area contributed by atoms with Gasteiger partial charge in [0.05, 0.1) is 10.6 Å². The molecule has 0 bridgehead atoms. The van der Waals surface area contributed by atoms with Gasteiger partial charge in [0.2, 0.25) is 11.8 Å². The number of hydrogen-bond acceptors (Lipinski definition) is 4. The van der Waals surface area contributed by atoms with E-state index in [0.29, 0.717) is 33.4 Å². The maximum atomic E-state index is 13.9. The standard InChI is InChI=1S/C29H33Cl2N3O4S/c1-4-5-16-32-29(36)22(3)33(19-23-10-9-11-24(30)18-23)28(35)20-34(27-15-14-25(31)17-21(27)2)39(37,38)26-12-7-6-8-13-26/h6-15,17-18,22H,4-5,16,19-20H2,1-3H3,(H,32,36)/t22-/m0/s1. The molecule has 3 rings (SSSR count). The summed E-state index contributed by atoms with van der Waals surface area (Å²) in [6.07, 6.45) is 1.71. The molecule has 10 heteroatoms. The summed E-state index contributed by atoms with van der Waals surface area (Å²) in [6.45, 7) is 5.41. The van der Waals surface area contributed by atoms with Gasteiger partial charge in [-0.2, -0.15) is 0 Å². The Bertz CT molecular complexity index is 1400. The van der Waals surface area contributed by atoms with Crippen LogP contribution in [0.1, 0.15) is 37.8 Å². The van der Waals surface area contributed by atoms with Crippen molar-refractivity contribution >= 4 is 50.7 Å². The van der Waals surface area contributed by atoms with Crippen LogP contribution in [0.5, 0.6) is 0 Å². The molecule has 3 aromatic carbocycles. The Kier molecular flexibility index (Phi) is 10.8. The number of amides is 2. The highest BCUT2D eigenvalue weighted by molar-refractivity contribution is 7.92. The highest BCUT2D eigenvalue weighted by Crippen LogP contribution is 2.29. The molecule has 0 aliphatic carbocycles. The number of carbonyl (C=O) groups is 2. The van der Waals surface area contributed by atoms with Gasteiger partial charge < -0.3 is 10.2 Å². The molecule has 0 spiro atoms. The van der Waals surface area contributed by atoms with Gasteiger partial charge in [-0.05, 0) is 73.9 Å². The summed E-state index contributed by atoms with van der Waals surface area (Å²) in [5, 5.41) is 3.80. The van der Waals surface area contributed by atoms with Crippen LogP contribution < -0.4 is 9.62 Å². The maximum absolute atomic E-state index is 13.9. The number of rotatable bonds is 12. The summed E-state index contributed by atoms with van der Waals surface area (Å²) in [5.74, 6) is -0.860. The van der Waals surface area contributed by atoms with E-state index in [9.17, 15) is 18.0 Å². The number of hydrogen-bond donors (Lipinski definition) is 1. The molecule has 0 heterocycles. The summed E-state index contributed by atoms with van der Waals surface area (Å²) >= 11 is 12.3. The number of carbonyl (C=O) groups excluding carboxylic acids is 2. The van der Waals surface area contributed by atoms with Crippen LogP contribution in [0.4, 0.5) is 5.69 Å². The van der Waals surface area contributed by atoms with Crippen molar-refractivity contribution in [3.63, 3.8) is 0 Å². The van der Waals surface area contributed by atoms with Crippen molar-refractivity contribution in [2.24, 2.45) is 0 Å². The van der Waals surface area contributed by atoms with E-state index in [1.54, 1.807) is 74.5 Å². The first-order chi connectivity index (χ1) is 18.5. The summed E-state index contributed by atoms with van der Waals surface area (Å²) < 4.78 is 28.7. The number of anilines is 1. The summed E-state index contributed by atoms with van der Waals surface area (Å²) in [4.78, 5) is 28.4. The molecule has 1 atom stereocenters. The second kappa shape index (κ2) is 13.8. The number of halogens is 2. The highest BCUT2D eigenvalue weighted by atomic mass is 35.5. The molecule has 39 heavy (non-hydrogen) atoms. The van der Waals surface area contributed by atoms with Crippen LogP contribution in [-0.2, 0) is 26.2 Å². The van der Waals surface area contributed by atoms with E-state index in [-0.39, 0.29) is 17.3 Å². The van der Waals surface area contributed by atoms with Gasteiger partial charge in [0.15, 0.2) is 0 Å². The number of sulfonamides is 1. The second-order valence-corrected chi connectivity index (χ2v) is 12.0. The van der Waals surface area contributed by atoms with Crippen LogP contribution in [0.25, 0.3) is 0 Å². The van der Waals surface area contributed by atoms with Crippen LogP contribution in [-0.4, -0.2) is 44.3 Å². The molecule has 7 nitrogen and oxygen atoms in total. The maximum Gasteiger partial charge on any atom is 0.264 e. The minimum atomic E-state index is -4.14. The highest BCUT2D eigenvalue weighted by Gasteiger charge is 2.33. The van der Waals surface area contributed by atoms with Gasteiger partial charge in [0.1, 0.15) is 12.6 Å². The van der Waals surface area contributed by atoms with Crippen molar-refractivity contribution < 1.29 is 18.0 Å². The predicted molar refractivity (Wildman–Crippen MR) is 157 cm³/mol. The Morgan fingerprint density at radius 1 is 0.949 bits per heavy atom. The van der Waals surface area contributed by atoms with Gasteiger partial charge in [-0.3, -0.25) is 13.9 Å². The number of nitrogens with zero attached hydrogens (tertiary/aromatic N) is 2. The van der Waals surface area contributed by atoms with Crippen molar-refractivity contribution in [2.75, 3.05) is 17.4 Å². The fourth-order valence-corrected chi connectivity index (χ4v) is 6.02. The Morgan fingerprint density at radius 2 is 1.64 bits per heavy atom. The summed E-state index contributed by atoms with van der Waals surface area (Å²) in [5.41, 5.74) is 1.62. The average molecular weight is 591 g/mol. The lowest BCUT2D eigenvalue weighted by atomic mass is 10.1. The van der Waals surface area contributed by atoms with Gasteiger partial charge >= 0.3 is 0 Å². The van der Waals surface area contributed by atoms with Gasteiger partial charge in [0.25, 0.3) is 10.0 Å². The summed E-state index contributed by atoms with van der Waals surface area (Å²) in [7, 11) is -4.14. The van der Waals surface area contributed by atoms with E-state index in [4.69, 9.17) is 23.2 Å². The number of unbranched alkanes of at least 4 members (excludes halogenated alkanes) is 1. The predicted octanol–water partition coefficient (Wildman–Crippen LogP) is 5.83. The summed E-state index contributed by atoms with van der Waals surface area (Å²) in [6, 6.07) is 18.8. The molecular weight excluding hydrogens is 557 g/mol. The third kappa shape index (κ3) is 7.97. The topological polar surface area (TPSA) is 86.8 Å². The monoisotopic (exact) mass is 589 g/mol. The molecule has 0 radical (unpaired) electrons. The van der Waals surface area contributed by atoms with E-state index >= 15 is 0 Å². The van der Waals surface area contributed by atoms with E-state index in [0.717, 1.165) is 17.1 Å². The van der Waals surface area contributed by atoms with Crippen LogP contribution in [0.3, 0.4) is 0 Å². The Balaban J connectivity index is 2.02. The molecule has 0 aliphatic heterocycles. The van der Waals surface area contributed by atoms with E-state index < -0.39 is 28.5 Å². The van der Waals surface area contributed by atoms with Crippen LogP contribution in [0.15, 0.2) is 77.7 Å². The number of benzene rings is 3. The Hall–Kier alpha value is -3.07. The fraction of sp³-hybridized carbons (Fsp3) is 0.310. The first-order valence-corrected chi connectivity index (χ1v) is 14.9. The van der Waals surface area contributed by atoms with Gasteiger partial charge in [-0.15, -0.1) is 0 Å². The minimum absolute atomic E-state index is 0.0406. The first kappa shape index (κ1) is 30.5. The molecule has 2 amide bonds. The Morgan fingerprint density at radius 3 is 2.28 bits per heavy atom. The molecule has 0 aliphatic rings. The number of aryl methyl sites for hydroxylation is 1. The third-order valence-corrected chi connectivity index (χ3v) is 8.52. The molecule has 0 fully saturated rings. The minimum Gasteiger partial charge on any atom is -0.354 e. The molecule has 0 aromatic heterocycles. The molecule has 1 N–H and O–H groups in total. The van der Waals surface area contributed by atoms with Gasteiger partial charge in [-0.1, -0.05) is 66.9 Å². The fourth-order valence-electron chi connectivity index (χ4n) is 4.08. The lowest BCUT2D eigenvalue weighted by Gasteiger charge is -2.32. The van der Waals surface area contributed by atoms with E-state index in [1.165, 1.54) is 17.0 Å².